The lowest BCUT2D eigenvalue weighted by molar-refractivity contribution is -0.448. The van der Waals surface area contributed by atoms with Gasteiger partial charge in [0.2, 0.25) is 22.9 Å². The van der Waals surface area contributed by atoms with E-state index in [1.807, 2.05) is 21.1 Å². The molecule has 15 heavy (non-hydrogen) atoms. The van der Waals surface area contributed by atoms with E-state index in [2.05, 4.69) is 57.0 Å². The maximum atomic E-state index is 5.42. The third-order valence-electron chi connectivity index (χ3n) is 1.64. The van der Waals surface area contributed by atoms with Gasteiger partial charge in [-0.05, 0) is 39.9 Å². The molecular weight excluding hydrogens is 416 g/mol. The molecule has 78 valence electrons. The molecule has 0 radical (unpaired) electrons. The van der Waals surface area contributed by atoms with Crippen molar-refractivity contribution in [2.24, 2.45) is 5.73 Å². The van der Waals surface area contributed by atoms with Gasteiger partial charge in [0.25, 0.3) is 0 Å². The van der Waals surface area contributed by atoms with Gasteiger partial charge in [-0.15, -0.1) is 0 Å². The third-order valence-corrected chi connectivity index (χ3v) is 3.44. The summed E-state index contributed by atoms with van der Waals surface area (Å²) >= 11 is 4.38. The van der Waals surface area contributed by atoms with Crippen LogP contribution in [0.15, 0.2) is 47.0 Å². The van der Waals surface area contributed by atoms with Gasteiger partial charge in [-0.25, -0.2) is 0 Å². The second kappa shape index (κ2) is 6.21. The van der Waals surface area contributed by atoms with Crippen LogP contribution in [-0.4, -0.2) is 4.98 Å². The first kappa shape index (κ1) is 12.6. The van der Waals surface area contributed by atoms with Gasteiger partial charge < -0.3 is 5.73 Å². The quantitative estimate of drug-likeness (QED) is 0.596. The molecule has 0 aliphatic heterocycles. The highest BCUT2D eigenvalue weighted by molar-refractivity contribution is 14.1. The molecule has 0 unspecified atom stereocenters. The molecule has 0 aromatic carbocycles. The SMILES string of the molecule is C=C/C(I)=C(\C=C/N)c1nccc[n+]1I. The van der Waals surface area contributed by atoms with Crippen molar-refractivity contribution in [1.82, 2.24) is 4.98 Å². The van der Waals surface area contributed by atoms with E-state index in [-0.39, 0.29) is 0 Å². The summed E-state index contributed by atoms with van der Waals surface area (Å²) in [5.74, 6) is 0.851. The minimum Gasteiger partial charge on any atom is -0.405 e. The summed E-state index contributed by atoms with van der Waals surface area (Å²) in [5, 5.41) is 0. The summed E-state index contributed by atoms with van der Waals surface area (Å²) in [4.78, 5) is 4.30. The molecule has 0 spiro atoms. The van der Waals surface area contributed by atoms with Crippen molar-refractivity contribution in [3.05, 3.63) is 52.8 Å². The topological polar surface area (TPSA) is 42.8 Å². The van der Waals surface area contributed by atoms with E-state index in [4.69, 9.17) is 5.73 Å². The van der Waals surface area contributed by atoms with Gasteiger partial charge in [-0.1, -0.05) is 12.7 Å². The van der Waals surface area contributed by atoms with Crippen molar-refractivity contribution in [1.29, 1.82) is 0 Å². The molecule has 1 aromatic rings. The Balaban J connectivity index is 3.35. The number of rotatable bonds is 3. The molecule has 0 atom stereocenters. The molecule has 0 fully saturated rings. The van der Waals surface area contributed by atoms with Crippen molar-refractivity contribution in [3.63, 3.8) is 0 Å². The standard InChI is InChI=1S/C10H10I2N3/c1-2-9(11)8(4-5-13)10-14-6-3-7-15(10)12/h2-7H,1,13H2/q+1/b5-4-,9-8-. The zero-order valence-corrected chi connectivity index (χ0v) is 12.2. The Morgan fingerprint density at radius 1 is 1.60 bits per heavy atom. The number of halogens is 2. The zero-order valence-electron chi connectivity index (χ0n) is 7.90. The average Bonchev–Trinajstić information content (AvgIpc) is 2.26. The van der Waals surface area contributed by atoms with Gasteiger partial charge in [0, 0.05) is 9.65 Å². The van der Waals surface area contributed by atoms with E-state index in [1.54, 1.807) is 12.3 Å². The summed E-state index contributed by atoms with van der Waals surface area (Å²) in [5.41, 5.74) is 6.38. The highest BCUT2D eigenvalue weighted by atomic mass is 127. The molecule has 1 heterocycles. The fourth-order valence-electron chi connectivity index (χ4n) is 1.01. The van der Waals surface area contributed by atoms with Crippen LogP contribution in [0.1, 0.15) is 5.82 Å². The first-order valence-corrected chi connectivity index (χ1v) is 6.18. The van der Waals surface area contributed by atoms with Crippen LogP contribution in [0, 0.1) is 0 Å². The lowest BCUT2D eigenvalue weighted by atomic mass is 10.2. The van der Waals surface area contributed by atoms with Crippen LogP contribution < -0.4 is 8.51 Å². The summed E-state index contributed by atoms with van der Waals surface area (Å²) in [7, 11) is 0. The molecule has 3 nitrogen and oxygen atoms in total. The number of hydrogen-bond donors (Lipinski definition) is 1. The van der Waals surface area contributed by atoms with Crippen LogP contribution in [0.4, 0.5) is 0 Å². The van der Waals surface area contributed by atoms with Crippen LogP contribution in [-0.2, 0) is 0 Å². The molecule has 1 rings (SSSR count). The fraction of sp³-hybridized carbons (Fsp3) is 0. The fourth-order valence-corrected chi connectivity index (χ4v) is 2.00. The summed E-state index contributed by atoms with van der Waals surface area (Å²) < 4.78 is 2.92. The first-order chi connectivity index (χ1) is 7.20. The minimum atomic E-state index is 0.851. The molecule has 0 saturated heterocycles. The summed E-state index contributed by atoms with van der Waals surface area (Å²) in [6.45, 7) is 3.74. The first-order valence-electron chi connectivity index (χ1n) is 4.14. The molecule has 0 aliphatic carbocycles. The molecule has 1 aromatic heterocycles. The molecular formula is C10H10I2N3+. The lowest BCUT2D eigenvalue weighted by Gasteiger charge is -1.98. The lowest BCUT2D eigenvalue weighted by Crippen LogP contribution is -2.25. The molecule has 0 bridgehead atoms. The second-order valence-electron chi connectivity index (χ2n) is 2.58. The van der Waals surface area contributed by atoms with E-state index in [0.29, 0.717) is 0 Å². The van der Waals surface area contributed by atoms with Gasteiger partial charge in [0.15, 0.2) is 0 Å². The van der Waals surface area contributed by atoms with E-state index >= 15 is 0 Å². The Morgan fingerprint density at radius 3 is 2.87 bits per heavy atom. The maximum Gasteiger partial charge on any atom is 0.339 e. The Kier molecular flexibility index (Phi) is 5.23. The van der Waals surface area contributed by atoms with E-state index in [0.717, 1.165) is 15.0 Å². The van der Waals surface area contributed by atoms with Gasteiger partial charge in [-0.2, -0.15) is 2.78 Å². The normalized spacial score (nSPS) is 12.7. The monoisotopic (exact) mass is 426 g/mol. The van der Waals surface area contributed by atoms with Crippen molar-refractivity contribution in [2.45, 2.75) is 0 Å². The molecule has 0 saturated carbocycles. The Hall–Kier alpha value is -0.440. The van der Waals surface area contributed by atoms with E-state index < -0.39 is 0 Å². The van der Waals surface area contributed by atoms with Crippen molar-refractivity contribution < 1.29 is 2.78 Å². The average molecular weight is 426 g/mol. The number of allylic oxidation sites excluding steroid dienone is 4. The van der Waals surface area contributed by atoms with Crippen LogP contribution >= 0.6 is 45.5 Å². The molecule has 0 aliphatic rings. The van der Waals surface area contributed by atoms with Gasteiger partial charge in [0.05, 0.1) is 5.57 Å². The molecule has 2 N–H and O–H groups in total. The highest BCUT2D eigenvalue weighted by Crippen LogP contribution is 2.21. The van der Waals surface area contributed by atoms with Crippen molar-refractivity contribution in [3.8, 4) is 0 Å². The van der Waals surface area contributed by atoms with Crippen molar-refractivity contribution >= 4 is 51.0 Å². The van der Waals surface area contributed by atoms with Crippen molar-refractivity contribution in [2.75, 3.05) is 0 Å². The van der Waals surface area contributed by atoms with Gasteiger partial charge in [0.1, 0.15) is 12.4 Å². The minimum absolute atomic E-state index is 0.851. The van der Waals surface area contributed by atoms with Crippen LogP contribution in [0.3, 0.4) is 0 Å². The van der Waals surface area contributed by atoms with Crippen LogP contribution in [0.2, 0.25) is 0 Å². The van der Waals surface area contributed by atoms with E-state index in [9.17, 15) is 0 Å². The Bertz CT molecular complexity index is 424. The molecule has 5 heteroatoms. The number of nitrogens with two attached hydrogens (primary N) is 1. The highest BCUT2D eigenvalue weighted by Gasteiger charge is 2.15. The maximum absolute atomic E-state index is 5.42. The Morgan fingerprint density at radius 2 is 2.33 bits per heavy atom. The van der Waals surface area contributed by atoms with Crippen LogP contribution in [0.5, 0.6) is 0 Å². The van der Waals surface area contributed by atoms with E-state index in [1.165, 1.54) is 6.20 Å². The summed E-state index contributed by atoms with van der Waals surface area (Å²) in [6, 6.07) is 1.88. The number of hydrogen-bond acceptors (Lipinski definition) is 2. The number of nitrogens with zero attached hydrogens (tertiary/aromatic N) is 2. The zero-order chi connectivity index (χ0) is 11.3. The summed E-state index contributed by atoms with van der Waals surface area (Å²) in [6.07, 6.45) is 8.78. The number of aromatic nitrogens is 2. The predicted molar refractivity (Wildman–Crippen MR) is 78.3 cm³/mol. The predicted octanol–water partition coefficient (Wildman–Crippen LogP) is 2.37. The third kappa shape index (κ3) is 3.26. The second-order valence-corrected chi connectivity index (χ2v) is 4.78. The molecule has 0 amide bonds. The van der Waals surface area contributed by atoms with Gasteiger partial charge >= 0.3 is 5.82 Å². The Labute approximate surface area is 116 Å². The smallest absolute Gasteiger partial charge is 0.339 e. The van der Waals surface area contributed by atoms with Crippen LogP contribution in [0.25, 0.3) is 5.57 Å². The van der Waals surface area contributed by atoms with Gasteiger partial charge in [-0.3, -0.25) is 0 Å². The largest absolute Gasteiger partial charge is 0.405 e.